The number of non-ortho nitro benzene ring substituents is 1. The molecule has 0 fully saturated rings. The highest BCUT2D eigenvalue weighted by Crippen LogP contribution is 2.21. The second kappa shape index (κ2) is 7.50. The van der Waals surface area contributed by atoms with E-state index in [1.54, 1.807) is 12.1 Å². The average Bonchev–Trinajstić information content (AvgIpc) is 2.51. The summed E-state index contributed by atoms with van der Waals surface area (Å²) in [6.45, 7) is 0. The molecular weight excluding hydrogens is 366 g/mol. The van der Waals surface area contributed by atoms with Gasteiger partial charge in [0.2, 0.25) is 5.91 Å². The Labute approximate surface area is 139 Å². The number of rotatable bonds is 5. The van der Waals surface area contributed by atoms with Crippen molar-refractivity contribution in [1.29, 1.82) is 0 Å². The Kier molecular flexibility index (Phi) is 5.42. The summed E-state index contributed by atoms with van der Waals surface area (Å²) in [6.07, 6.45) is 1.30. The molecule has 1 amide bonds. The highest BCUT2D eigenvalue weighted by Gasteiger charge is 2.09. The Morgan fingerprint density at radius 3 is 2.65 bits per heavy atom. The molecule has 0 atom stereocenters. The van der Waals surface area contributed by atoms with E-state index in [4.69, 9.17) is 0 Å². The minimum Gasteiger partial charge on any atom is -0.507 e. The fraction of sp³-hybridized carbons (Fsp3) is 0.0667. The molecule has 0 radical (unpaired) electrons. The quantitative estimate of drug-likeness (QED) is 0.474. The van der Waals surface area contributed by atoms with Gasteiger partial charge in [0, 0.05) is 22.2 Å². The summed E-state index contributed by atoms with van der Waals surface area (Å²) in [5.74, 6) is -0.505. The van der Waals surface area contributed by atoms with Gasteiger partial charge in [-0.05, 0) is 23.8 Å². The van der Waals surface area contributed by atoms with Crippen molar-refractivity contribution in [3.8, 4) is 5.75 Å². The van der Waals surface area contributed by atoms with Crippen LogP contribution in [0.15, 0.2) is 52.0 Å². The third kappa shape index (κ3) is 4.89. The Balaban J connectivity index is 1.98. The maximum absolute atomic E-state index is 11.7. The number of carbonyl (C=O) groups excluding carboxylic acids is 1. The summed E-state index contributed by atoms with van der Waals surface area (Å²) in [6, 6.07) is 10.8. The molecule has 23 heavy (non-hydrogen) atoms. The van der Waals surface area contributed by atoms with Gasteiger partial charge in [0.25, 0.3) is 5.69 Å². The topological polar surface area (TPSA) is 105 Å². The molecule has 0 unspecified atom stereocenters. The molecular formula is C15H12BrN3O4. The van der Waals surface area contributed by atoms with Crippen molar-refractivity contribution in [1.82, 2.24) is 5.43 Å². The first-order valence-corrected chi connectivity index (χ1v) is 7.29. The van der Waals surface area contributed by atoms with Crippen molar-refractivity contribution in [2.75, 3.05) is 0 Å². The predicted octanol–water partition coefficient (Wildman–Crippen LogP) is 2.76. The van der Waals surface area contributed by atoms with Crippen LogP contribution in [0.1, 0.15) is 11.1 Å². The zero-order valence-corrected chi connectivity index (χ0v) is 13.4. The van der Waals surface area contributed by atoms with Gasteiger partial charge >= 0.3 is 0 Å². The number of benzene rings is 2. The molecule has 2 aromatic rings. The predicted molar refractivity (Wildman–Crippen MR) is 88.3 cm³/mol. The SMILES string of the molecule is O=C(Cc1ccc(Br)cc1)N/N=C/c1cc([N+](=O)[O-])ccc1O. The van der Waals surface area contributed by atoms with Gasteiger partial charge in [-0.25, -0.2) is 5.43 Å². The lowest BCUT2D eigenvalue weighted by Crippen LogP contribution is -2.19. The van der Waals surface area contributed by atoms with Crippen LogP contribution in [-0.2, 0) is 11.2 Å². The second-order valence-electron chi connectivity index (χ2n) is 4.60. The first kappa shape index (κ1) is 16.6. The number of nitrogens with one attached hydrogen (secondary N) is 1. The first-order chi connectivity index (χ1) is 11.0. The van der Waals surface area contributed by atoms with Gasteiger partial charge in [0.15, 0.2) is 0 Å². The van der Waals surface area contributed by atoms with Gasteiger partial charge in [-0.15, -0.1) is 0 Å². The lowest BCUT2D eigenvalue weighted by atomic mass is 10.1. The van der Waals surface area contributed by atoms with Crippen LogP contribution in [0, 0.1) is 10.1 Å². The molecule has 0 spiro atoms. The summed E-state index contributed by atoms with van der Waals surface area (Å²) in [4.78, 5) is 21.8. The van der Waals surface area contributed by atoms with Crippen molar-refractivity contribution >= 4 is 33.7 Å². The Hall–Kier alpha value is -2.74. The summed E-state index contributed by atoms with van der Waals surface area (Å²) >= 11 is 3.31. The molecule has 0 aliphatic carbocycles. The van der Waals surface area contributed by atoms with Gasteiger partial charge in [-0.2, -0.15) is 5.10 Å². The van der Waals surface area contributed by atoms with E-state index in [-0.39, 0.29) is 29.3 Å². The normalized spacial score (nSPS) is 10.7. The number of nitro groups is 1. The van der Waals surface area contributed by atoms with E-state index >= 15 is 0 Å². The number of aromatic hydroxyl groups is 1. The molecule has 0 aromatic heterocycles. The molecule has 2 N–H and O–H groups in total. The van der Waals surface area contributed by atoms with E-state index < -0.39 is 4.92 Å². The summed E-state index contributed by atoms with van der Waals surface area (Å²) in [7, 11) is 0. The number of hydrogen-bond donors (Lipinski definition) is 2. The molecule has 8 heteroatoms. The highest BCUT2D eigenvalue weighted by atomic mass is 79.9. The zero-order chi connectivity index (χ0) is 16.8. The van der Waals surface area contributed by atoms with Crippen LogP contribution in [0.3, 0.4) is 0 Å². The van der Waals surface area contributed by atoms with E-state index in [2.05, 4.69) is 26.5 Å². The van der Waals surface area contributed by atoms with Crippen LogP contribution in [0.5, 0.6) is 5.75 Å². The van der Waals surface area contributed by atoms with Crippen LogP contribution in [0.2, 0.25) is 0 Å². The van der Waals surface area contributed by atoms with E-state index in [1.807, 2.05) is 12.1 Å². The maximum Gasteiger partial charge on any atom is 0.270 e. The van der Waals surface area contributed by atoms with Crippen LogP contribution in [-0.4, -0.2) is 22.2 Å². The van der Waals surface area contributed by atoms with E-state index in [0.29, 0.717) is 0 Å². The van der Waals surface area contributed by atoms with Crippen molar-refractivity contribution in [3.63, 3.8) is 0 Å². The van der Waals surface area contributed by atoms with Gasteiger partial charge in [0.1, 0.15) is 5.75 Å². The Morgan fingerprint density at radius 1 is 1.30 bits per heavy atom. The number of halogens is 1. The number of phenols is 1. The molecule has 2 rings (SSSR count). The molecule has 0 saturated heterocycles. The van der Waals surface area contributed by atoms with Crippen molar-refractivity contribution in [2.24, 2.45) is 5.10 Å². The first-order valence-electron chi connectivity index (χ1n) is 6.49. The van der Waals surface area contributed by atoms with Gasteiger partial charge in [-0.3, -0.25) is 14.9 Å². The molecule has 0 saturated carbocycles. The lowest BCUT2D eigenvalue weighted by molar-refractivity contribution is -0.384. The largest absolute Gasteiger partial charge is 0.507 e. The number of hydrazone groups is 1. The molecule has 118 valence electrons. The Bertz CT molecular complexity index is 760. The number of phenolic OH excluding ortho intramolecular Hbond substituents is 1. The molecule has 0 aliphatic rings. The van der Waals surface area contributed by atoms with Crippen molar-refractivity contribution < 1.29 is 14.8 Å². The fourth-order valence-corrected chi connectivity index (χ4v) is 2.02. The van der Waals surface area contributed by atoms with Crippen LogP contribution in [0.25, 0.3) is 0 Å². The van der Waals surface area contributed by atoms with E-state index in [0.717, 1.165) is 16.3 Å². The number of carbonyl (C=O) groups is 1. The number of nitro benzene ring substituents is 1. The molecule has 7 nitrogen and oxygen atoms in total. The smallest absolute Gasteiger partial charge is 0.270 e. The minimum absolute atomic E-state index is 0.142. The van der Waals surface area contributed by atoms with Crippen molar-refractivity contribution in [3.05, 3.63) is 68.2 Å². The molecule has 0 heterocycles. The third-order valence-electron chi connectivity index (χ3n) is 2.89. The summed E-state index contributed by atoms with van der Waals surface area (Å²) in [5.41, 5.74) is 3.09. The number of nitrogens with zero attached hydrogens (tertiary/aromatic N) is 2. The van der Waals surface area contributed by atoms with Gasteiger partial charge in [-0.1, -0.05) is 28.1 Å². The second-order valence-corrected chi connectivity index (χ2v) is 5.51. The monoisotopic (exact) mass is 377 g/mol. The highest BCUT2D eigenvalue weighted by molar-refractivity contribution is 9.10. The minimum atomic E-state index is -0.580. The standard InChI is InChI=1S/C15H12BrN3O4/c16-12-3-1-10(2-4-12)7-15(21)18-17-9-11-8-13(19(22)23)5-6-14(11)20/h1-6,8-9,20H,7H2,(H,18,21)/b17-9+. The van der Waals surface area contributed by atoms with E-state index in [9.17, 15) is 20.0 Å². The van der Waals surface area contributed by atoms with Crippen molar-refractivity contribution in [2.45, 2.75) is 6.42 Å². The van der Waals surface area contributed by atoms with Gasteiger partial charge < -0.3 is 5.11 Å². The fourth-order valence-electron chi connectivity index (χ4n) is 1.76. The molecule has 0 aliphatic heterocycles. The summed E-state index contributed by atoms with van der Waals surface area (Å²) in [5, 5.41) is 24.0. The maximum atomic E-state index is 11.7. The van der Waals surface area contributed by atoms with Gasteiger partial charge in [0.05, 0.1) is 17.6 Å². The summed E-state index contributed by atoms with van der Waals surface area (Å²) < 4.78 is 0.917. The van der Waals surface area contributed by atoms with E-state index in [1.165, 1.54) is 18.2 Å². The zero-order valence-electron chi connectivity index (χ0n) is 11.8. The third-order valence-corrected chi connectivity index (χ3v) is 3.42. The average molecular weight is 378 g/mol. The Morgan fingerprint density at radius 2 is 2.00 bits per heavy atom. The van der Waals surface area contributed by atoms with Crippen LogP contribution >= 0.6 is 15.9 Å². The lowest BCUT2D eigenvalue weighted by Gasteiger charge is -2.01. The molecule has 2 aromatic carbocycles. The molecule has 0 bridgehead atoms. The number of amides is 1. The van der Waals surface area contributed by atoms with Crippen LogP contribution < -0.4 is 5.43 Å². The van der Waals surface area contributed by atoms with Crippen LogP contribution in [0.4, 0.5) is 5.69 Å². The number of hydrogen-bond acceptors (Lipinski definition) is 5.